The molecule has 0 saturated carbocycles. The van der Waals surface area contributed by atoms with Crippen LogP contribution in [0.5, 0.6) is 11.6 Å². The predicted molar refractivity (Wildman–Crippen MR) is 114 cm³/mol. The van der Waals surface area contributed by atoms with Crippen molar-refractivity contribution in [1.29, 1.82) is 0 Å². The Bertz CT molecular complexity index is 1230. The maximum atomic E-state index is 13.1. The number of aliphatic imine (C=N–C) groups is 1. The summed E-state index contributed by atoms with van der Waals surface area (Å²) in [5.41, 5.74) is 0.672. The number of rotatable bonds is 5. The number of pyridine rings is 2. The van der Waals surface area contributed by atoms with E-state index in [0.717, 1.165) is 0 Å². The molecule has 0 saturated heterocycles. The highest BCUT2D eigenvalue weighted by Crippen LogP contribution is 2.27. The first-order valence-electron chi connectivity index (χ1n) is 9.24. The van der Waals surface area contributed by atoms with Crippen LogP contribution in [0.3, 0.4) is 0 Å². The molecule has 0 unspecified atom stereocenters. The first kappa shape index (κ1) is 18.4. The average molecular weight is 385 g/mol. The second-order valence-corrected chi connectivity index (χ2v) is 6.30. The summed E-state index contributed by atoms with van der Waals surface area (Å²) in [5.74, 6) is 1.02. The Morgan fingerprint density at radius 2 is 1.76 bits per heavy atom. The summed E-state index contributed by atoms with van der Waals surface area (Å²) >= 11 is 0. The Labute approximate surface area is 167 Å². The third kappa shape index (κ3) is 3.60. The highest BCUT2D eigenvalue weighted by molar-refractivity contribution is 6.02. The van der Waals surface area contributed by atoms with Crippen molar-refractivity contribution in [3.8, 4) is 17.3 Å². The van der Waals surface area contributed by atoms with Gasteiger partial charge in [0.1, 0.15) is 5.75 Å². The molecule has 0 aliphatic rings. The van der Waals surface area contributed by atoms with Gasteiger partial charge in [-0.2, -0.15) is 0 Å². The quantitative estimate of drug-likeness (QED) is 0.521. The molecule has 0 radical (unpaired) electrons. The fourth-order valence-electron chi connectivity index (χ4n) is 3.15. The number of fused-ring (bicyclic) bond motifs is 1. The van der Waals surface area contributed by atoms with Crippen LogP contribution in [0.2, 0.25) is 0 Å². The van der Waals surface area contributed by atoms with E-state index >= 15 is 0 Å². The summed E-state index contributed by atoms with van der Waals surface area (Å²) in [5, 5.41) is 12.1. The van der Waals surface area contributed by atoms with Gasteiger partial charge in [-0.3, -0.25) is 4.79 Å². The lowest BCUT2D eigenvalue weighted by Crippen LogP contribution is -2.20. The molecule has 144 valence electrons. The molecule has 0 spiro atoms. The highest BCUT2D eigenvalue weighted by atomic mass is 16.5. The topological polar surface area (TPSA) is 76.7 Å². The van der Waals surface area contributed by atoms with E-state index in [9.17, 15) is 9.90 Å². The zero-order chi connectivity index (χ0) is 20.2. The Morgan fingerprint density at radius 1 is 1.03 bits per heavy atom. The largest absolute Gasteiger partial charge is 0.494 e. The van der Waals surface area contributed by atoms with Crippen molar-refractivity contribution in [2.75, 3.05) is 6.61 Å². The zero-order valence-corrected chi connectivity index (χ0v) is 15.8. The number of nitrogens with zero attached hydrogens (tertiary/aromatic N) is 3. The molecule has 6 heteroatoms. The summed E-state index contributed by atoms with van der Waals surface area (Å²) < 4.78 is 6.74. The first-order valence-corrected chi connectivity index (χ1v) is 9.24. The molecule has 0 aliphatic carbocycles. The van der Waals surface area contributed by atoms with Crippen molar-refractivity contribution in [3.63, 3.8) is 0 Å². The van der Waals surface area contributed by atoms with Gasteiger partial charge in [0.15, 0.2) is 5.82 Å². The molecule has 6 nitrogen and oxygen atoms in total. The van der Waals surface area contributed by atoms with E-state index in [0.29, 0.717) is 40.2 Å². The molecule has 2 aromatic heterocycles. The Balaban J connectivity index is 1.91. The standard InChI is InChI=1S/C23H19N3O3/c1-2-29-17-12-10-16(11-13-17)26-22(27)19-8-4-3-7-18(19)20(23(26)28)15-25-21-9-5-6-14-24-21/h3-15,28H,2H2,1H3. The van der Waals surface area contributed by atoms with Crippen molar-refractivity contribution in [1.82, 2.24) is 9.55 Å². The van der Waals surface area contributed by atoms with Crippen LogP contribution in [-0.4, -0.2) is 27.5 Å². The number of benzene rings is 2. The van der Waals surface area contributed by atoms with Gasteiger partial charge in [-0.1, -0.05) is 24.3 Å². The number of aromatic hydroxyl groups is 1. The van der Waals surface area contributed by atoms with E-state index in [4.69, 9.17) is 4.74 Å². The predicted octanol–water partition coefficient (Wildman–Crippen LogP) is 4.24. The van der Waals surface area contributed by atoms with Crippen LogP contribution in [0.25, 0.3) is 16.5 Å². The lowest BCUT2D eigenvalue weighted by atomic mass is 10.1. The molecule has 0 atom stereocenters. The molecule has 0 bridgehead atoms. The smallest absolute Gasteiger partial charge is 0.265 e. The summed E-state index contributed by atoms with van der Waals surface area (Å²) in [6.07, 6.45) is 3.18. The molecule has 4 aromatic rings. The number of aromatic nitrogens is 2. The van der Waals surface area contributed by atoms with Crippen LogP contribution in [-0.2, 0) is 0 Å². The molecule has 4 rings (SSSR count). The van der Waals surface area contributed by atoms with Crippen LogP contribution in [0, 0.1) is 0 Å². The molecule has 29 heavy (non-hydrogen) atoms. The van der Waals surface area contributed by atoms with E-state index in [1.165, 1.54) is 10.8 Å². The molecule has 0 aliphatic heterocycles. The van der Waals surface area contributed by atoms with Gasteiger partial charge in [0.05, 0.1) is 17.9 Å². The lowest BCUT2D eigenvalue weighted by molar-refractivity contribution is 0.340. The second kappa shape index (κ2) is 7.98. The van der Waals surface area contributed by atoms with Crippen molar-refractivity contribution in [2.24, 2.45) is 4.99 Å². The van der Waals surface area contributed by atoms with Gasteiger partial charge in [-0.05, 0) is 49.4 Å². The molecular formula is C23H19N3O3. The summed E-state index contributed by atoms with van der Waals surface area (Å²) in [4.78, 5) is 21.6. The van der Waals surface area contributed by atoms with Crippen molar-refractivity contribution in [2.45, 2.75) is 6.92 Å². The van der Waals surface area contributed by atoms with Crippen molar-refractivity contribution >= 4 is 22.8 Å². The minimum Gasteiger partial charge on any atom is -0.494 e. The fourth-order valence-corrected chi connectivity index (χ4v) is 3.15. The molecule has 1 N–H and O–H groups in total. The number of ether oxygens (including phenoxy) is 1. The van der Waals surface area contributed by atoms with Crippen LogP contribution >= 0.6 is 0 Å². The van der Waals surface area contributed by atoms with Crippen molar-refractivity contribution < 1.29 is 9.84 Å². The zero-order valence-electron chi connectivity index (χ0n) is 15.8. The maximum absolute atomic E-state index is 13.1. The van der Waals surface area contributed by atoms with Crippen LogP contribution in [0.1, 0.15) is 12.5 Å². The van der Waals surface area contributed by atoms with Crippen LogP contribution < -0.4 is 10.3 Å². The van der Waals surface area contributed by atoms with Gasteiger partial charge >= 0.3 is 0 Å². The SMILES string of the molecule is CCOc1ccc(-n2c(O)c(C=Nc3ccccn3)c3ccccc3c2=O)cc1. The summed E-state index contributed by atoms with van der Waals surface area (Å²) in [6, 6.07) is 19.5. The highest BCUT2D eigenvalue weighted by Gasteiger charge is 2.16. The fraction of sp³-hybridized carbons (Fsp3) is 0.0870. The van der Waals surface area contributed by atoms with Gasteiger partial charge in [0, 0.05) is 23.2 Å². The van der Waals surface area contributed by atoms with E-state index < -0.39 is 0 Å². The number of hydrogen-bond acceptors (Lipinski definition) is 5. The normalized spacial score (nSPS) is 11.2. The molecular weight excluding hydrogens is 366 g/mol. The molecule has 0 fully saturated rings. The van der Waals surface area contributed by atoms with E-state index in [-0.39, 0.29) is 11.4 Å². The molecule has 2 aromatic carbocycles. The van der Waals surface area contributed by atoms with Gasteiger partial charge in [-0.25, -0.2) is 14.5 Å². The monoisotopic (exact) mass is 385 g/mol. The third-order valence-corrected chi connectivity index (χ3v) is 4.48. The van der Waals surface area contributed by atoms with Crippen LogP contribution in [0.4, 0.5) is 5.82 Å². The number of hydrogen-bond donors (Lipinski definition) is 1. The van der Waals surface area contributed by atoms with Crippen molar-refractivity contribution in [3.05, 3.63) is 88.8 Å². The first-order chi connectivity index (χ1) is 14.2. The second-order valence-electron chi connectivity index (χ2n) is 6.30. The van der Waals surface area contributed by atoms with Gasteiger partial charge in [-0.15, -0.1) is 0 Å². The third-order valence-electron chi connectivity index (χ3n) is 4.48. The van der Waals surface area contributed by atoms with Crippen LogP contribution in [0.15, 0.2) is 82.7 Å². The van der Waals surface area contributed by atoms with Gasteiger partial charge < -0.3 is 9.84 Å². The Morgan fingerprint density at radius 3 is 2.45 bits per heavy atom. The molecule has 2 heterocycles. The van der Waals surface area contributed by atoms with E-state index in [1.807, 2.05) is 19.1 Å². The maximum Gasteiger partial charge on any atom is 0.265 e. The summed E-state index contributed by atoms with van der Waals surface area (Å²) in [7, 11) is 0. The Kier molecular flexibility index (Phi) is 5.07. The minimum atomic E-state index is -0.308. The van der Waals surface area contributed by atoms with Gasteiger partial charge in [0.2, 0.25) is 5.88 Å². The minimum absolute atomic E-state index is 0.183. The lowest BCUT2D eigenvalue weighted by Gasteiger charge is -2.14. The van der Waals surface area contributed by atoms with E-state index in [2.05, 4.69) is 9.98 Å². The Hall–Kier alpha value is -3.93. The average Bonchev–Trinajstić information content (AvgIpc) is 2.76. The van der Waals surface area contributed by atoms with E-state index in [1.54, 1.807) is 60.8 Å². The van der Waals surface area contributed by atoms with Gasteiger partial charge in [0.25, 0.3) is 5.56 Å². The molecule has 0 amide bonds. The summed E-state index contributed by atoms with van der Waals surface area (Å²) in [6.45, 7) is 2.45.